The molecule has 1 aliphatic rings. The molecule has 1 saturated heterocycles. The number of nitrogens with one attached hydrogen (secondary N) is 1. The van der Waals surface area contributed by atoms with Crippen LogP contribution in [0.3, 0.4) is 0 Å². The summed E-state index contributed by atoms with van der Waals surface area (Å²) in [6, 6.07) is 11.5. The van der Waals surface area contributed by atoms with Crippen LogP contribution in [0, 0.1) is 5.82 Å². The van der Waals surface area contributed by atoms with Crippen LogP contribution < -0.4 is 10.1 Å². The van der Waals surface area contributed by atoms with Crippen LogP contribution in [-0.2, 0) is 16.0 Å². The molecule has 32 heavy (non-hydrogen) atoms. The molecule has 1 atom stereocenters. The molecular weight excluding hydrogens is 433 g/mol. The standard InChI is InChI=1S/C24H29ClFN3O3/c1-17(24(31)27-19-7-10-22(26)21(25)16-19)28-12-3-13-29(15-14-28)23(30)11-6-18-4-8-20(32-2)9-5-18/h4-5,7-10,16-17H,3,6,11-15H2,1-2H3,(H,27,31). The molecule has 2 aromatic carbocycles. The third-order valence-corrected chi connectivity index (χ3v) is 6.07. The smallest absolute Gasteiger partial charge is 0.241 e. The van der Waals surface area contributed by atoms with Crippen molar-refractivity contribution < 1.29 is 18.7 Å². The van der Waals surface area contributed by atoms with Crippen LogP contribution >= 0.6 is 11.6 Å². The van der Waals surface area contributed by atoms with Crippen LogP contribution in [0.4, 0.5) is 10.1 Å². The number of hydrogen-bond acceptors (Lipinski definition) is 4. The Kier molecular flexibility index (Phi) is 8.47. The lowest BCUT2D eigenvalue weighted by atomic mass is 10.1. The highest BCUT2D eigenvalue weighted by Crippen LogP contribution is 2.20. The highest BCUT2D eigenvalue weighted by molar-refractivity contribution is 6.31. The van der Waals surface area contributed by atoms with E-state index in [1.165, 1.54) is 18.2 Å². The van der Waals surface area contributed by atoms with Crippen molar-refractivity contribution in [3.8, 4) is 5.75 Å². The fourth-order valence-corrected chi connectivity index (χ4v) is 3.94. The fraction of sp³-hybridized carbons (Fsp3) is 0.417. The summed E-state index contributed by atoms with van der Waals surface area (Å²) < 4.78 is 18.5. The number of ether oxygens (including phenoxy) is 1. The summed E-state index contributed by atoms with van der Waals surface area (Å²) in [5.74, 6) is 0.211. The van der Waals surface area contributed by atoms with Crippen LogP contribution in [-0.4, -0.2) is 60.9 Å². The Hall–Kier alpha value is -2.64. The van der Waals surface area contributed by atoms with E-state index in [0.29, 0.717) is 38.2 Å². The van der Waals surface area contributed by atoms with Gasteiger partial charge in [0.2, 0.25) is 11.8 Å². The second-order valence-electron chi connectivity index (χ2n) is 7.91. The molecule has 1 aliphatic heterocycles. The average molecular weight is 462 g/mol. The Bertz CT molecular complexity index is 939. The van der Waals surface area contributed by atoms with Gasteiger partial charge in [-0.25, -0.2) is 4.39 Å². The maximum Gasteiger partial charge on any atom is 0.241 e. The van der Waals surface area contributed by atoms with Crippen molar-refractivity contribution in [2.45, 2.75) is 32.2 Å². The highest BCUT2D eigenvalue weighted by Gasteiger charge is 2.25. The lowest BCUT2D eigenvalue weighted by Crippen LogP contribution is -2.44. The van der Waals surface area contributed by atoms with Crippen LogP contribution in [0.1, 0.15) is 25.3 Å². The third-order valence-electron chi connectivity index (χ3n) is 5.78. The molecule has 0 saturated carbocycles. The van der Waals surface area contributed by atoms with Gasteiger partial charge in [-0.2, -0.15) is 0 Å². The van der Waals surface area contributed by atoms with Gasteiger partial charge in [0.05, 0.1) is 18.2 Å². The van der Waals surface area contributed by atoms with Crippen LogP contribution in [0.15, 0.2) is 42.5 Å². The van der Waals surface area contributed by atoms with Gasteiger partial charge in [-0.3, -0.25) is 14.5 Å². The van der Waals surface area contributed by atoms with E-state index in [4.69, 9.17) is 16.3 Å². The normalized spacial score (nSPS) is 15.7. The minimum absolute atomic E-state index is 0.0333. The van der Waals surface area contributed by atoms with Gasteiger partial charge in [-0.1, -0.05) is 23.7 Å². The first-order valence-electron chi connectivity index (χ1n) is 10.8. The summed E-state index contributed by atoms with van der Waals surface area (Å²) >= 11 is 5.79. The van der Waals surface area contributed by atoms with E-state index in [0.717, 1.165) is 24.3 Å². The Morgan fingerprint density at radius 3 is 2.56 bits per heavy atom. The fourth-order valence-electron chi connectivity index (χ4n) is 3.76. The second kappa shape index (κ2) is 11.3. The second-order valence-corrected chi connectivity index (χ2v) is 8.32. The van der Waals surface area contributed by atoms with Crippen molar-refractivity contribution >= 4 is 29.1 Å². The van der Waals surface area contributed by atoms with Crippen molar-refractivity contribution in [2.75, 3.05) is 38.6 Å². The predicted molar refractivity (Wildman–Crippen MR) is 124 cm³/mol. The van der Waals surface area contributed by atoms with Crippen molar-refractivity contribution in [3.63, 3.8) is 0 Å². The molecule has 3 rings (SSSR count). The zero-order valence-electron chi connectivity index (χ0n) is 18.4. The van der Waals surface area contributed by atoms with Crippen LogP contribution in [0.25, 0.3) is 0 Å². The molecule has 6 nitrogen and oxygen atoms in total. The van der Waals surface area contributed by atoms with Crippen molar-refractivity contribution in [1.82, 2.24) is 9.80 Å². The van der Waals surface area contributed by atoms with Crippen LogP contribution in [0.5, 0.6) is 5.75 Å². The van der Waals surface area contributed by atoms with Gasteiger partial charge in [-0.15, -0.1) is 0 Å². The van der Waals surface area contributed by atoms with Crippen LogP contribution in [0.2, 0.25) is 5.02 Å². The van der Waals surface area contributed by atoms with E-state index in [1.807, 2.05) is 36.1 Å². The predicted octanol–water partition coefficient (Wildman–Crippen LogP) is 3.98. The van der Waals surface area contributed by atoms with Crippen molar-refractivity contribution in [2.24, 2.45) is 0 Å². The number of methoxy groups -OCH3 is 1. The monoisotopic (exact) mass is 461 g/mol. The summed E-state index contributed by atoms with van der Waals surface area (Å²) in [5, 5.41) is 2.75. The molecule has 0 aliphatic carbocycles. The number of amides is 2. The Morgan fingerprint density at radius 2 is 1.88 bits per heavy atom. The minimum Gasteiger partial charge on any atom is -0.497 e. The molecule has 0 spiro atoms. The molecule has 2 aromatic rings. The molecule has 1 unspecified atom stereocenters. The lowest BCUT2D eigenvalue weighted by molar-refractivity contribution is -0.131. The van der Waals surface area contributed by atoms with Gasteiger partial charge < -0.3 is 15.0 Å². The van der Waals surface area contributed by atoms with Gasteiger partial charge in [0.1, 0.15) is 11.6 Å². The van der Waals surface area contributed by atoms with E-state index in [1.54, 1.807) is 7.11 Å². The quantitative estimate of drug-likeness (QED) is 0.677. The average Bonchev–Trinajstić information content (AvgIpc) is 3.06. The van der Waals surface area contributed by atoms with Gasteiger partial charge in [-0.05, 0) is 55.7 Å². The van der Waals surface area contributed by atoms with E-state index >= 15 is 0 Å². The van der Waals surface area contributed by atoms with Gasteiger partial charge >= 0.3 is 0 Å². The zero-order chi connectivity index (χ0) is 23.1. The maximum atomic E-state index is 13.3. The largest absolute Gasteiger partial charge is 0.497 e. The summed E-state index contributed by atoms with van der Waals surface area (Å²) in [7, 11) is 1.63. The molecule has 2 amide bonds. The molecular formula is C24H29ClFN3O3. The number of carbonyl (C=O) groups is 2. The molecule has 172 valence electrons. The molecule has 1 N–H and O–H groups in total. The summed E-state index contributed by atoms with van der Waals surface area (Å²) in [6.07, 6.45) is 1.93. The number of halogens is 2. The number of aryl methyl sites for hydroxylation is 1. The zero-order valence-corrected chi connectivity index (χ0v) is 19.2. The Balaban J connectivity index is 1.49. The number of nitrogens with zero attached hydrogens (tertiary/aromatic N) is 2. The molecule has 1 fully saturated rings. The first kappa shape index (κ1) is 24.0. The first-order chi connectivity index (χ1) is 15.4. The molecule has 1 heterocycles. The Morgan fingerprint density at radius 1 is 1.12 bits per heavy atom. The van der Waals surface area contributed by atoms with E-state index in [2.05, 4.69) is 10.2 Å². The van der Waals surface area contributed by atoms with Crippen molar-refractivity contribution in [1.29, 1.82) is 0 Å². The van der Waals surface area contributed by atoms with Gasteiger partial charge in [0.15, 0.2) is 0 Å². The maximum absolute atomic E-state index is 13.3. The first-order valence-corrected chi connectivity index (χ1v) is 11.2. The molecule has 0 bridgehead atoms. The van der Waals surface area contributed by atoms with Crippen molar-refractivity contribution in [3.05, 3.63) is 58.9 Å². The minimum atomic E-state index is -0.526. The highest BCUT2D eigenvalue weighted by atomic mass is 35.5. The number of rotatable bonds is 7. The topological polar surface area (TPSA) is 61.9 Å². The number of hydrogen-bond donors (Lipinski definition) is 1. The number of anilines is 1. The molecule has 8 heteroatoms. The van der Waals surface area contributed by atoms with Gasteiger partial charge in [0, 0.05) is 38.3 Å². The van der Waals surface area contributed by atoms with E-state index in [-0.39, 0.29) is 22.9 Å². The third kappa shape index (κ3) is 6.43. The SMILES string of the molecule is COc1ccc(CCC(=O)N2CCCN(C(C)C(=O)Nc3ccc(F)c(Cl)c3)CC2)cc1. The number of benzene rings is 2. The lowest BCUT2D eigenvalue weighted by Gasteiger charge is -2.27. The molecule has 0 radical (unpaired) electrons. The summed E-state index contributed by atoms with van der Waals surface area (Å²) in [6.45, 7) is 4.44. The molecule has 0 aromatic heterocycles. The summed E-state index contributed by atoms with van der Waals surface area (Å²) in [5.41, 5.74) is 1.56. The Labute approximate surface area is 193 Å². The van der Waals surface area contributed by atoms with E-state index < -0.39 is 5.82 Å². The van der Waals surface area contributed by atoms with E-state index in [9.17, 15) is 14.0 Å². The number of carbonyl (C=O) groups excluding carboxylic acids is 2. The van der Waals surface area contributed by atoms with Gasteiger partial charge in [0.25, 0.3) is 0 Å². The summed E-state index contributed by atoms with van der Waals surface area (Å²) in [4.78, 5) is 29.3.